The van der Waals surface area contributed by atoms with Crippen LogP contribution in [0.15, 0.2) is 73.2 Å². The van der Waals surface area contributed by atoms with E-state index in [0.717, 1.165) is 17.5 Å². The van der Waals surface area contributed by atoms with E-state index in [1.807, 2.05) is 60.7 Å². The first-order valence-corrected chi connectivity index (χ1v) is 14.5. The van der Waals surface area contributed by atoms with E-state index in [1.54, 1.807) is 29.5 Å². The number of nitrogens with two attached hydrogens (primary N) is 1. The number of nitrogens with zero attached hydrogens (tertiary/aromatic N) is 3. The molecule has 1 aromatic heterocycles. The van der Waals surface area contributed by atoms with Crippen LogP contribution < -0.4 is 16.4 Å². The number of aromatic nitrogens is 2. The summed E-state index contributed by atoms with van der Waals surface area (Å²) in [6.45, 7) is 3.74. The van der Waals surface area contributed by atoms with Crippen LogP contribution in [-0.4, -0.2) is 76.0 Å². The lowest BCUT2D eigenvalue weighted by molar-refractivity contribution is -0.143. The zero-order chi connectivity index (χ0) is 31.7. The number of likely N-dealkylation sites (tertiary alicyclic amines) is 1. The maximum atomic E-state index is 14.0. The van der Waals surface area contributed by atoms with Gasteiger partial charge < -0.3 is 35.3 Å². The van der Waals surface area contributed by atoms with Crippen LogP contribution in [0.2, 0.25) is 0 Å². The summed E-state index contributed by atoms with van der Waals surface area (Å²) >= 11 is 0. The second-order valence-corrected chi connectivity index (χ2v) is 11.4. The van der Waals surface area contributed by atoms with Crippen LogP contribution in [0.25, 0.3) is 0 Å². The van der Waals surface area contributed by atoms with Crippen LogP contribution in [0.5, 0.6) is 0 Å². The Morgan fingerprint density at radius 1 is 1.07 bits per heavy atom. The van der Waals surface area contributed by atoms with Gasteiger partial charge in [0.15, 0.2) is 5.82 Å². The van der Waals surface area contributed by atoms with Crippen molar-refractivity contribution in [1.82, 2.24) is 19.8 Å². The third-order valence-electron chi connectivity index (χ3n) is 7.39. The van der Waals surface area contributed by atoms with Gasteiger partial charge in [0, 0.05) is 18.8 Å². The summed E-state index contributed by atoms with van der Waals surface area (Å²) in [5.41, 5.74) is 6.38. The highest BCUT2D eigenvalue weighted by Crippen LogP contribution is 2.28. The SMILES string of the molecule is COC(=O)C[C@H]1CCCN1C(=O)C(c1ccccc1)n1cnc(NC(=O)[C@@H](COCc2ccccc2)NC(=O)C(C)(C)N)c1. The van der Waals surface area contributed by atoms with E-state index in [2.05, 4.69) is 15.6 Å². The van der Waals surface area contributed by atoms with Crippen molar-refractivity contribution in [1.29, 1.82) is 0 Å². The maximum absolute atomic E-state index is 14.0. The summed E-state index contributed by atoms with van der Waals surface area (Å²) in [5, 5.41) is 5.40. The highest BCUT2D eigenvalue weighted by atomic mass is 16.5. The molecule has 2 heterocycles. The van der Waals surface area contributed by atoms with E-state index in [4.69, 9.17) is 15.2 Å². The molecule has 4 N–H and O–H groups in total. The van der Waals surface area contributed by atoms with Crippen LogP contribution in [0, 0.1) is 0 Å². The molecule has 1 aliphatic heterocycles. The lowest BCUT2D eigenvalue weighted by Gasteiger charge is -2.29. The third kappa shape index (κ3) is 8.51. The fourth-order valence-electron chi connectivity index (χ4n) is 5.00. The third-order valence-corrected chi connectivity index (χ3v) is 7.39. The average Bonchev–Trinajstić information content (AvgIpc) is 3.66. The highest BCUT2D eigenvalue weighted by Gasteiger charge is 2.36. The first kappa shape index (κ1) is 32.4. The number of methoxy groups -OCH3 is 1. The molecular formula is C32H40N6O6. The Labute approximate surface area is 256 Å². The fraction of sp³-hybridized carbons (Fsp3) is 0.406. The minimum atomic E-state index is -1.22. The van der Waals surface area contributed by atoms with E-state index >= 15 is 0 Å². The number of amides is 3. The number of carbonyl (C=O) groups is 4. The van der Waals surface area contributed by atoms with Gasteiger partial charge in [-0.05, 0) is 37.8 Å². The lowest BCUT2D eigenvalue weighted by Crippen LogP contribution is -2.56. The van der Waals surface area contributed by atoms with E-state index < -0.39 is 29.4 Å². The molecule has 0 saturated carbocycles. The second-order valence-electron chi connectivity index (χ2n) is 11.4. The molecule has 0 radical (unpaired) electrons. The van der Waals surface area contributed by atoms with Gasteiger partial charge in [0.2, 0.25) is 5.91 Å². The molecule has 234 valence electrons. The predicted octanol–water partition coefficient (Wildman–Crippen LogP) is 2.40. The number of hydrogen-bond acceptors (Lipinski definition) is 8. The molecule has 0 bridgehead atoms. The molecule has 3 aromatic rings. The minimum Gasteiger partial charge on any atom is -0.469 e. The van der Waals surface area contributed by atoms with Crippen molar-refractivity contribution in [3.8, 4) is 0 Å². The molecule has 3 atom stereocenters. The topological polar surface area (TPSA) is 158 Å². The zero-order valence-electron chi connectivity index (χ0n) is 25.3. The first-order valence-electron chi connectivity index (χ1n) is 14.5. The highest BCUT2D eigenvalue weighted by molar-refractivity contribution is 5.98. The summed E-state index contributed by atoms with van der Waals surface area (Å²) in [6.07, 6.45) is 4.63. The van der Waals surface area contributed by atoms with E-state index in [9.17, 15) is 19.2 Å². The van der Waals surface area contributed by atoms with Gasteiger partial charge in [-0.1, -0.05) is 60.7 Å². The fourth-order valence-corrected chi connectivity index (χ4v) is 5.00. The van der Waals surface area contributed by atoms with Crippen LogP contribution in [-0.2, 0) is 35.3 Å². The van der Waals surface area contributed by atoms with Gasteiger partial charge in [0.25, 0.3) is 11.8 Å². The summed E-state index contributed by atoms with van der Waals surface area (Å²) in [6, 6.07) is 16.6. The molecule has 2 aromatic carbocycles. The molecule has 1 unspecified atom stereocenters. The first-order chi connectivity index (χ1) is 21.1. The number of benzene rings is 2. The number of imidazole rings is 1. The molecule has 4 rings (SSSR count). The Balaban J connectivity index is 1.52. The van der Waals surface area contributed by atoms with Gasteiger partial charge in [-0.2, -0.15) is 0 Å². The van der Waals surface area contributed by atoms with Crippen molar-refractivity contribution in [3.05, 3.63) is 84.3 Å². The summed E-state index contributed by atoms with van der Waals surface area (Å²) in [7, 11) is 1.33. The summed E-state index contributed by atoms with van der Waals surface area (Å²) in [5.74, 6) is -1.45. The van der Waals surface area contributed by atoms with Gasteiger partial charge >= 0.3 is 5.97 Å². The van der Waals surface area contributed by atoms with Crippen molar-refractivity contribution in [2.24, 2.45) is 5.73 Å². The molecule has 44 heavy (non-hydrogen) atoms. The van der Waals surface area contributed by atoms with Crippen molar-refractivity contribution in [2.75, 3.05) is 25.6 Å². The molecule has 12 nitrogen and oxygen atoms in total. The van der Waals surface area contributed by atoms with Crippen molar-refractivity contribution < 1.29 is 28.7 Å². The van der Waals surface area contributed by atoms with Crippen LogP contribution in [0.4, 0.5) is 5.82 Å². The molecule has 1 fully saturated rings. The van der Waals surface area contributed by atoms with Crippen LogP contribution in [0.3, 0.4) is 0 Å². The normalized spacial score (nSPS) is 16.2. The lowest BCUT2D eigenvalue weighted by atomic mass is 10.0. The number of hydrogen-bond donors (Lipinski definition) is 3. The number of rotatable bonds is 13. The van der Waals surface area contributed by atoms with E-state index in [-0.39, 0.29) is 43.4 Å². The molecule has 12 heteroatoms. The molecular weight excluding hydrogens is 564 g/mol. The Morgan fingerprint density at radius 2 is 1.75 bits per heavy atom. The molecule has 1 saturated heterocycles. The number of ether oxygens (including phenoxy) is 2. The zero-order valence-corrected chi connectivity index (χ0v) is 25.3. The smallest absolute Gasteiger partial charge is 0.307 e. The van der Waals surface area contributed by atoms with Gasteiger partial charge in [-0.3, -0.25) is 19.2 Å². The van der Waals surface area contributed by atoms with Gasteiger partial charge in [-0.15, -0.1) is 0 Å². The van der Waals surface area contributed by atoms with Gasteiger partial charge in [0.05, 0.1) is 38.6 Å². The second kappa shape index (κ2) is 14.8. The Kier molecular flexibility index (Phi) is 10.9. The van der Waals surface area contributed by atoms with Crippen LogP contribution in [0.1, 0.15) is 50.3 Å². The van der Waals surface area contributed by atoms with Gasteiger partial charge in [-0.25, -0.2) is 4.98 Å². The van der Waals surface area contributed by atoms with E-state index in [0.29, 0.717) is 13.0 Å². The van der Waals surface area contributed by atoms with Crippen molar-refractivity contribution in [2.45, 2.75) is 63.4 Å². The minimum absolute atomic E-state index is 0.106. The standard InChI is InChI=1S/C32H40N6O6/c1-32(2,33)31(42)35-25(20-44-19-22-11-6-4-7-12-22)29(40)36-26-18-37(21-34-26)28(23-13-8-5-9-14-23)30(41)38-16-10-15-24(38)17-27(39)43-3/h4-9,11-14,18,21,24-25,28H,10,15-17,19-20,33H2,1-3H3,(H,35,42)(H,36,40)/t24-,25-,28?/m1/s1. The monoisotopic (exact) mass is 604 g/mol. The Bertz CT molecular complexity index is 1420. The number of nitrogens with one attached hydrogen (secondary N) is 2. The largest absolute Gasteiger partial charge is 0.469 e. The Hall–Kier alpha value is -4.55. The predicted molar refractivity (Wildman–Crippen MR) is 163 cm³/mol. The summed E-state index contributed by atoms with van der Waals surface area (Å²) in [4.78, 5) is 58.1. The quantitative estimate of drug-likeness (QED) is 0.251. The number of anilines is 1. The van der Waals surface area contributed by atoms with E-state index in [1.165, 1.54) is 13.4 Å². The molecule has 3 amide bonds. The average molecular weight is 605 g/mol. The van der Waals surface area contributed by atoms with Crippen molar-refractivity contribution in [3.63, 3.8) is 0 Å². The van der Waals surface area contributed by atoms with Crippen molar-refractivity contribution >= 4 is 29.5 Å². The molecule has 1 aliphatic rings. The Morgan fingerprint density at radius 3 is 2.41 bits per heavy atom. The molecule has 0 spiro atoms. The van der Waals surface area contributed by atoms with Crippen LogP contribution >= 0.6 is 0 Å². The summed E-state index contributed by atoms with van der Waals surface area (Å²) < 4.78 is 12.2. The van der Waals surface area contributed by atoms with Gasteiger partial charge in [0.1, 0.15) is 12.1 Å². The number of carbonyl (C=O) groups excluding carboxylic acids is 4. The molecule has 0 aliphatic carbocycles. The maximum Gasteiger partial charge on any atom is 0.307 e. The number of esters is 1.